The van der Waals surface area contributed by atoms with Gasteiger partial charge in [-0.3, -0.25) is 4.79 Å². The Hall–Kier alpha value is -0.860. The molecule has 0 spiro atoms. The van der Waals surface area contributed by atoms with E-state index in [-0.39, 0.29) is 29.8 Å². The van der Waals surface area contributed by atoms with Crippen LogP contribution in [-0.4, -0.2) is 16.8 Å². The summed E-state index contributed by atoms with van der Waals surface area (Å²) in [6.07, 6.45) is -0.352. The van der Waals surface area contributed by atoms with Crippen molar-refractivity contribution in [2.24, 2.45) is 11.8 Å². The van der Waals surface area contributed by atoms with Crippen LogP contribution in [0.4, 0.5) is 0 Å². The first kappa shape index (κ1) is 23.4. The molecule has 0 bridgehead atoms. The van der Waals surface area contributed by atoms with Gasteiger partial charge in [-0.1, -0.05) is 67.5 Å². The van der Waals surface area contributed by atoms with Crippen LogP contribution in [0.1, 0.15) is 115 Å². The zero-order valence-electron chi connectivity index (χ0n) is 19.4. The lowest BCUT2D eigenvalue weighted by Crippen LogP contribution is -2.65. The summed E-state index contributed by atoms with van der Waals surface area (Å²) in [7, 11) is 0. The maximum absolute atomic E-state index is 12.5. The highest BCUT2D eigenvalue weighted by atomic mass is 35.5. The topological polar surface area (TPSA) is 26.3 Å². The standard InChI is InChI=1S/C25H39ClO2/c1-13(2)18-11-19(14(3)4)22(20(12-18)15(5)6)17(9)28-24-21(16(7)8)23(27)25(24,10)26/h11-17,21,24H,1-10H3/t17-,21-,24-,25?/m0/s1. The van der Waals surface area contributed by atoms with E-state index < -0.39 is 4.87 Å². The van der Waals surface area contributed by atoms with Crippen molar-refractivity contribution in [3.63, 3.8) is 0 Å². The van der Waals surface area contributed by atoms with Crippen molar-refractivity contribution in [3.05, 3.63) is 34.4 Å². The minimum absolute atomic E-state index is 0.103. The lowest BCUT2D eigenvalue weighted by Gasteiger charge is -2.50. The lowest BCUT2D eigenvalue weighted by molar-refractivity contribution is -0.164. The minimum atomic E-state index is -0.920. The van der Waals surface area contributed by atoms with Gasteiger partial charge in [0, 0.05) is 0 Å². The molecule has 158 valence electrons. The van der Waals surface area contributed by atoms with E-state index in [0.29, 0.717) is 17.8 Å². The molecule has 1 fully saturated rings. The monoisotopic (exact) mass is 406 g/mol. The molecule has 0 aliphatic heterocycles. The molecule has 1 aliphatic carbocycles. The molecule has 1 aromatic rings. The molecule has 1 aliphatic rings. The number of benzene rings is 1. The molecular weight excluding hydrogens is 368 g/mol. The molecule has 0 saturated heterocycles. The SMILES string of the molecule is CC(C)c1cc(C(C)C)c([C@H](C)O[C@H]2[C@@H](C(C)C)C(=O)C2(C)Cl)c(C(C)C)c1. The maximum atomic E-state index is 12.5. The van der Waals surface area contributed by atoms with Gasteiger partial charge in [0.2, 0.25) is 0 Å². The van der Waals surface area contributed by atoms with Crippen LogP contribution in [0.2, 0.25) is 0 Å². The van der Waals surface area contributed by atoms with Crippen molar-refractivity contribution in [3.8, 4) is 0 Å². The van der Waals surface area contributed by atoms with E-state index in [4.69, 9.17) is 16.3 Å². The molecule has 3 heteroatoms. The number of halogens is 1. The number of hydrogen-bond acceptors (Lipinski definition) is 2. The van der Waals surface area contributed by atoms with Crippen LogP contribution in [-0.2, 0) is 9.53 Å². The molecule has 0 aromatic heterocycles. The maximum Gasteiger partial charge on any atom is 0.162 e. The highest BCUT2D eigenvalue weighted by Gasteiger charge is 2.60. The van der Waals surface area contributed by atoms with E-state index in [1.54, 1.807) is 0 Å². The highest BCUT2D eigenvalue weighted by molar-refractivity contribution is 6.38. The van der Waals surface area contributed by atoms with E-state index in [9.17, 15) is 4.79 Å². The molecule has 2 rings (SSSR count). The Bertz CT molecular complexity index is 686. The van der Waals surface area contributed by atoms with Crippen molar-refractivity contribution in [1.29, 1.82) is 0 Å². The molecule has 28 heavy (non-hydrogen) atoms. The van der Waals surface area contributed by atoms with Gasteiger partial charge in [-0.05, 0) is 59.8 Å². The smallest absolute Gasteiger partial charge is 0.162 e. The van der Waals surface area contributed by atoms with Gasteiger partial charge in [-0.15, -0.1) is 11.6 Å². The van der Waals surface area contributed by atoms with Gasteiger partial charge in [0.1, 0.15) is 4.87 Å². The van der Waals surface area contributed by atoms with Crippen LogP contribution in [0.25, 0.3) is 0 Å². The van der Waals surface area contributed by atoms with Crippen LogP contribution in [0.5, 0.6) is 0 Å². The third-order valence-electron chi connectivity index (χ3n) is 6.30. The highest BCUT2D eigenvalue weighted by Crippen LogP contribution is 2.48. The Kier molecular flexibility index (Phi) is 7.09. The van der Waals surface area contributed by atoms with Crippen LogP contribution in [0.3, 0.4) is 0 Å². The van der Waals surface area contributed by atoms with Gasteiger partial charge in [0.25, 0.3) is 0 Å². The summed E-state index contributed by atoms with van der Waals surface area (Å²) in [6, 6.07) is 4.70. The van der Waals surface area contributed by atoms with Crippen molar-refractivity contribution < 1.29 is 9.53 Å². The average molecular weight is 407 g/mol. The average Bonchev–Trinajstić information content (AvgIpc) is 2.59. The van der Waals surface area contributed by atoms with Gasteiger partial charge < -0.3 is 4.74 Å². The summed E-state index contributed by atoms with van der Waals surface area (Å²) in [5, 5.41) is 0. The predicted octanol–water partition coefficient (Wildman–Crippen LogP) is 7.36. The fourth-order valence-electron chi connectivity index (χ4n) is 4.48. The summed E-state index contributed by atoms with van der Waals surface area (Å²) >= 11 is 6.59. The fourth-order valence-corrected chi connectivity index (χ4v) is 4.79. The van der Waals surface area contributed by atoms with Crippen molar-refractivity contribution in [1.82, 2.24) is 0 Å². The zero-order valence-corrected chi connectivity index (χ0v) is 20.1. The second-order valence-corrected chi connectivity index (χ2v) is 10.8. The quantitative estimate of drug-likeness (QED) is 0.442. The normalized spacial score (nSPS) is 26.5. The van der Waals surface area contributed by atoms with Gasteiger partial charge in [0.05, 0.1) is 18.1 Å². The first-order valence-corrected chi connectivity index (χ1v) is 11.2. The number of ether oxygens (including phenoxy) is 1. The molecule has 0 heterocycles. The molecule has 0 radical (unpaired) electrons. The van der Waals surface area contributed by atoms with E-state index in [2.05, 4.69) is 74.4 Å². The van der Waals surface area contributed by atoms with E-state index in [0.717, 1.165) is 0 Å². The summed E-state index contributed by atoms with van der Waals surface area (Å²) in [6.45, 7) is 21.6. The third kappa shape index (κ3) is 4.19. The number of carbonyl (C=O) groups is 1. The van der Waals surface area contributed by atoms with Gasteiger partial charge >= 0.3 is 0 Å². The lowest BCUT2D eigenvalue weighted by atomic mass is 9.65. The number of Topliss-reactive ketones (excluding diaryl/α,β-unsaturated/α-hetero) is 1. The summed E-state index contributed by atoms with van der Waals surface area (Å²) < 4.78 is 6.56. The Morgan fingerprint density at radius 3 is 1.71 bits per heavy atom. The molecule has 1 saturated carbocycles. The van der Waals surface area contributed by atoms with Crippen LogP contribution >= 0.6 is 11.6 Å². The van der Waals surface area contributed by atoms with Crippen molar-refractivity contribution in [2.45, 2.75) is 104 Å². The Balaban J connectivity index is 2.49. The predicted molar refractivity (Wildman–Crippen MR) is 120 cm³/mol. The van der Waals surface area contributed by atoms with E-state index >= 15 is 0 Å². The third-order valence-corrected chi connectivity index (χ3v) is 6.70. The molecule has 0 amide bonds. The first-order chi connectivity index (χ1) is 12.8. The van der Waals surface area contributed by atoms with E-state index in [1.165, 1.54) is 22.3 Å². The number of hydrogen-bond donors (Lipinski definition) is 0. The largest absolute Gasteiger partial charge is 0.368 e. The summed E-state index contributed by atoms with van der Waals surface area (Å²) in [5.41, 5.74) is 5.36. The summed E-state index contributed by atoms with van der Waals surface area (Å²) in [5.74, 6) is 1.52. The first-order valence-electron chi connectivity index (χ1n) is 10.9. The van der Waals surface area contributed by atoms with Gasteiger partial charge in [0.15, 0.2) is 5.78 Å². The molecule has 1 aromatic carbocycles. The van der Waals surface area contributed by atoms with Crippen LogP contribution in [0, 0.1) is 11.8 Å². The molecule has 1 unspecified atom stereocenters. The summed E-state index contributed by atoms with van der Waals surface area (Å²) in [4.78, 5) is 11.6. The van der Waals surface area contributed by atoms with Crippen LogP contribution in [0.15, 0.2) is 12.1 Å². The minimum Gasteiger partial charge on any atom is -0.368 e. The number of carbonyl (C=O) groups excluding carboxylic acids is 1. The number of rotatable bonds is 7. The molecule has 4 atom stereocenters. The Labute approximate surface area is 177 Å². The second kappa shape index (κ2) is 8.48. The van der Waals surface area contributed by atoms with Crippen LogP contribution < -0.4 is 0 Å². The van der Waals surface area contributed by atoms with Crippen molar-refractivity contribution in [2.75, 3.05) is 0 Å². The van der Waals surface area contributed by atoms with Gasteiger partial charge in [-0.2, -0.15) is 0 Å². The Morgan fingerprint density at radius 2 is 1.36 bits per heavy atom. The van der Waals surface area contributed by atoms with Crippen molar-refractivity contribution >= 4 is 17.4 Å². The zero-order chi connectivity index (χ0) is 21.5. The molecule has 0 N–H and O–H groups in total. The van der Waals surface area contributed by atoms with E-state index in [1.807, 2.05) is 6.92 Å². The Morgan fingerprint density at radius 1 is 0.893 bits per heavy atom. The second-order valence-electron chi connectivity index (χ2n) is 9.99. The molecule has 2 nitrogen and oxygen atoms in total. The van der Waals surface area contributed by atoms with Gasteiger partial charge in [-0.25, -0.2) is 0 Å². The molecular formula is C25H39ClO2. The fraction of sp³-hybridized carbons (Fsp3) is 0.720. The number of alkyl halides is 1. The number of ketones is 1.